The first-order chi connectivity index (χ1) is 12.2. The van der Waals surface area contributed by atoms with E-state index in [1.807, 2.05) is 7.05 Å². The molecule has 3 rings (SSSR count). The highest BCUT2D eigenvalue weighted by molar-refractivity contribution is 7.09. The standard InChI is InChI=1S/C18H31N5OS/c1-14-22-16(13-25-14)12-23-7-5-15(6-8-23)10-20-18(19-2)21-11-17-4-3-9-24-17/h13,15,17H,3-12H2,1-2H3,(H2,19,20,21). The first-order valence-electron chi connectivity index (χ1n) is 9.42. The molecule has 2 N–H and O–H groups in total. The summed E-state index contributed by atoms with van der Waals surface area (Å²) in [5.74, 6) is 1.62. The summed E-state index contributed by atoms with van der Waals surface area (Å²) >= 11 is 1.74. The summed E-state index contributed by atoms with van der Waals surface area (Å²) in [6.45, 7) is 8.13. The Kier molecular flexibility index (Phi) is 7.07. The topological polar surface area (TPSA) is 61.8 Å². The van der Waals surface area contributed by atoms with E-state index in [0.29, 0.717) is 6.10 Å². The minimum absolute atomic E-state index is 0.344. The van der Waals surface area contributed by atoms with Crippen molar-refractivity contribution in [1.29, 1.82) is 0 Å². The molecule has 0 amide bonds. The predicted molar refractivity (Wildman–Crippen MR) is 103 cm³/mol. The van der Waals surface area contributed by atoms with E-state index in [4.69, 9.17) is 4.74 Å². The fourth-order valence-electron chi connectivity index (χ4n) is 3.54. The molecule has 1 aromatic heterocycles. The van der Waals surface area contributed by atoms with Crippen molar-refractivity contribution in [3.8, 4) is 0 Å². The SMILES string of the molecule is CN=C(NCC1CCN(Cc2csc(C)n2)CC1)NCC1CCCO1. The van der Waals surface area contributed by atoms with E-state index < -0.39 is 0 Å². The van der Waals surface area contributed by atoms with E-state index >= 15 is 0 Å². The summed E-state index contributed by atoms with van der Waals surface area (Å²) in [6.07, 6.45) is 5.15. The van der Waals surface area contributed by atoms with Gasteiger partial charge in [0.25, 0.3) is 0 Å². The lowest BCUT2D eigenvalue weighted by Crippen LogP contribution is -2.44. The van der Waals surface area contributed by atoms with Crippen molar-refractivity contribution in [2.45, 2.75) is 45.3 Å². The van der Waals surface area contributed by atoms with Crippen molar-refractivity contribution in [2.24, 2.45) is 10.9 Å². The third-order valence-corrected chi connectivity index (χ3v) is 5.88. The second-order valence-electron chi connectivity index (χ2n) is 7.05. The van der Waals surface area contributed by atoms with Gasteiger partial charge in [-0.1, -0.05) is 0 Å². The molecular weight excluding hydrogens is 334 g/mol. The molecule has 140 valence electrons. The molecular formula is C18H31N5OS. The van der Waals surface area contributed by atoms with Gasteiger partial charge in [-0.15, -0.1) is 11.3 Å². The number of piperidine rings is 1. The Hall–Kier alpha value is -1.18. The van der Waals surface area contributed by atoms with Gasteiger partial charge in [0.2, 0.25) is 0 Å². The summed E-state index contributed by atoms with van der Waals surface area (Å²) in [7, 11) is 1.84. The van der Waals surface area contributed by atoms with Gasteiger partial charge in [0, 0.05) is 38.7 Å². The van der Waals surface area contributed by atoms with Gasteiger partial charge in [-0.3, -0.25) is 9.89 Å². The number of rotatable bonds is 6. The third kappa shape index (κ3) is 5.94. The number of nitrogens with one attached hydrogen (secondary N) is 2. The second kappa shape index (κ2) is 9.50. The van der Waals surface area contributed by atoms with Gasteiger partial charge in [-0.2, -0.15) is 0 Å². The molecule has 0 spiro atoms. The first-order valence-corrected chi connectivity index (χ1v) is 10.3. The Morgan fingerprint density at radius 3 is 2.76 bits per heavy atom. The summed E-state index contributed by atoms with van der Waals surface area (Å²) < 4.78 is 5.65. The van der Waals surface area contributed by atoms with Crippen LogP contribution in [0.2, 0.25) is 0 Å². The van der Waals surface area contributed by atoms with Crippen molar-refractivity contribution in [1.82, 2.24) is 20.5 Å². The Bertz CT molecular complexity index is 547. The maximum atomic E-state index is 5.65. The molecule has 2 aliphatic heterocycles. The molecule has 6 nitrogen and oxygen atoms in total. The van der Waals surface area contributed by atoms with Crippen molar-refractivity contribution >= 4 is 17.3 Å². The number of hydrogen-bond donors (Lipinski definition) is 2. The summed E-state index contributed by atoms with van der Waals surface area (Å²) in [5, 5.41) is 10.2. The van der Waals surface area contributed by atoms with E-state index in [1.54, 1.807) is 11.3 Å². The minimum atomic E-state index is 0.344. The molecule has 2 fully saturated rings. The van der Waals surface area contributed by atoms with Crippen LogP contribution < -0.4 is 10.6 Å². The molecule has 2 saturated heterocycles. The number of guanidine groups is 1. The Morgan fingerprint density at radius 2 is 2.12 bits per heavy atom. The van der Waals surface area contributed by atoms with Crippen LogP contribution >= 0.6 is 11.3 Å². The van der Waals surface area contributed by atoms with Crippen LogP contribution in [0.5, 0.6) is 0 Å². The third-order valence-electron chi connectivity index (χ3n) is 5.06. The van der Waals surface area contributed by atoms with E-state index in [0.717, 1.165) is 62.6 Å². The average molecular weight is 366 g/mol. The monoisotopic (exact) mass is 365 g/mol. The van der Waals surface area contributed by atoms with Gasteiger partial charge in [-0.05, 0) is 51.6 Å². The maximum Gasteiger partial charge on any atom is 0.191 e. The molecule has 7 heteroatoms. The van der Waals surface area contributed by atoms with Crippen LogP contribution in [0.1, 0.15) is 36.4 Å². The molecule has 0 aliphatic carbocycles. The predicted octanol–water partition coefficient (Wildman–Crippen LogP) is 2.01. The van der Waals surface area contributed by atoms with Crippen molar-refractivity contribution in [2.75, 3.05) is 39.8 Å². The van der Waals surface area contributed by atoms with Crippen LogP contribution in [-0.4, -0.2) is 61.8 Å². The highest BCUT2D eigenvalue weighted by Crippen LogP contribution is 2.19. The Labute approximate surface area is 155 Å². The zero-order valence-electron chi connectivity index (χ0n) is 15.5. The van der Waals surface area contributed by atoms with Crippen molar-refractivity contribution in [3.63, 3.8) is 0 Å². The van der Waals surface area contributed by atoms with E-state index in [1.165, 1.54) is 25.0 Å². The summed E-state index contributed by atoms with van der Waals surface area (Å²) in [6, 6.07) is 0. The number of nitrogens with zero attached hydrogens (tertiary/aromatic N) is 3. The lowest BCUT2D eigenvalue weighted by molar-refractivity contribution is 0.113. The zero-order chi connectivity index (χ0) is 17.5. The number of thiazole rings is 1. The number of hydrogen-bond acceptors (Lipinski definition) is 5. The van der Waals surface area contributed by atoms with Gasteiger partial charge in [0.1, 0.15) is 0 Å². The van der Waals surface area contributed by atoms with Gasteiger partial charge in [-0.25, -0.2) is 4.98 Å². The molecule has 0 saturated carbocycles. The second-order valence-corrected chi connectivity index (χ2v) is 8.11. The van der Waals surface area contributed by atoms with Crippen LogP contribution in [0.25, 0.3) is 0 Å². The van der Waals surface area contributed by atoms with Crippen LogP contribution in [0.3, 0.4) is 0 Å². The first kappa shape index (κ1) is 18.6. The summed E-state index contributed by atoms with van der Waals surface area (Å²) in [5.41, 5.74) is 1.22. The lowest BCUT2D eigenvalue weighted by atomic mass is 9.97. The molecule has 1 unspecified atom stereocenters. The van der Waals surface area contributed by atoms with E-state index in [2.05, 4.69) is 37.8 Å². The van der Waals surface area contributed by atoms with Gasteiger partial charge >= 0.3 is 0 Å². The van der Waals surface area contributed by atoms with Crippen LogP contribution in [0.4, 0.5) is 0 Å². The van der Waals surface area contributed by atoms with E-state index in [9.17, 15) is 0 Å². The number of aryl methyl sites for hydroxylation is 1. The molecule has 3 heterocycles. The van der Waals surface area contributed by atoms with Gasteiger partial charge in [0.05, 0.1) is 16.8 Å². The zero-order valence-corrected chi connectivity index (χ0v) is 16.3. The highest BCUT2D eigenvalue weighted by atomic mass is 32.1. The van der Waals surface area contributed by atoms with Crippen molar-refractivity contribution < 1.29 is 4.74 Å². The lowest BCUT2D eigenvalue weighted by Gasteiger charge is -2.31. The molecule has 1 aromatic rings. The van der Waals surface area contributed by atoms with E-state index in [-0.39, 0.29) is 0 Å². The maximum absolute atomic E-state index is 5.65. The molecule has 1 atom stereocenters. The van der Waals surface area contributed by atoms with Crippen LogP contribution in [-0.2, 0) is 11.3 Å². The smallest absolute Gasteiger partial charge is 0.191 e. The molecule has 2 aliphatic rings. The number of likely N-dealkylation sites (tertiary alicyclic amines) is 1. The quantitative estimate of drug-likeness (QED) is 0.596. The van der Waals surface area contributed by atoms with Gasteiger partial charge < -0.3 is 15.4 Å². The minimum Gasteiger partial charge on any atom is -0.376 e. The fraction of sp³-hybridized carbons (Fsp3) is 0.778. The fourth-order valence-corrected chi connectivity index (χ4v) is 4.14. The Morgan fingerprint density at radius 1 is 1.32 bits per heavy atom. The summed E-state index contributed by atoms with van der Waals surface area (Å²) in [4.78, 5) is 11.4. The Balaban J connectivity index is 1.32. The average Bonchev–Trinajstić information content (AvgIpc) is 3.28. The number of aliphatic imine (C=N–C) groups is 1. The largest absolute Gasteiger partial charge is 0.376 e. The highest BCUT2D eigenvalue weighted by Gasteiger charge is 2.20. The molecule has 0 radical (unpaired) electrons. The molecule has 0 aromatic carbocycles. The van der Waals surface area contributed by atoms with Gasteiger partial charge in [0.15, 0.2) is 5.96 Å². The molecule has 0 bridgehead atoms. The van der Waals surface area contributed by atoms with Crippen LogP contribution in [0, 0.1) is 12.8 Å². The molecule has 25 heavy (non-hydrogen) atoms. The van der Waals surface area contributed by atoms with Crippen molar-refractivity contribution in [3.05, 3.63) is 16.1 Å². The number of aromatic nitrogens is 1. The normalized spacial score (nSPS) is 23.1. The number of ether oxygens (including phenoxy) is 1. The van der Waals surface area contributed by atoms with Crippen LogP contribution in [0.15, 0.2) is 10.4 Å².